The maximum atomic E-state index is 12.1. The molecule has 1 fully saturated rings. The molecule has 0 unspecified atom stereocenters. The Kier molecular flexibility index (Phi) is 6.59. The van der Waals surface area contributed by atoms with Crippen LogP contribution in [0.15, 0.2) is 18.2 Å². The maximum absolute atomic E-state index is 12.1. The van der Waals surface area contributed by atoms with Gasteiger partial charge in [0.25, 0.3) is 5.91 Å². The Hall–Kier alpha value is -1.88. The maximum Gasteiger partial charge on any atom is 0.326 e. The predicted molar refractivity (Wildman–Crippen MR) is 91.7 cm³/mol. The number of likely N-dealkylation sites (tertiary alicyclic amines) is 1. The number of amides is 3. The van der Waals surface area contributed by atoms with Crippen molar-refractivity contribution in [3.63, 3.8) is 0 Å². The normalized spacial score (nSPS) is 16.3. The number of urea groups is 1. The van der Waals surface area contributed by atoms with E-state index in [1.54, 1.807) is 0 Å². The monoisotopic (exact) mass is 318 g/mol. The molecule has 0 aliphatic carbocycles. The molecule has 0 atom stereocenters. The minimum atomic E-state index is -0.449. The summed E-state index contributed by atoms with van der Waals surface area (Å²) in [5.74, 6) is -0.205. The molecule has 1 aliphatic heterocycles. The first kappa shape index (κ1) is 17.5. The number of nitrogens with one attached hydrogen (secondary N) is 3. The van der Waals surface area contributed by atoms with Gasteiger partial charge in [-0.3, -0.25) is 10.1 Å². The van der Waals surface area contributed by atoms with Gasteiger partial charge in [0.05, 0.1) is 13.1 Å². The fourth-order valence-electron chi connectivity index (χ4n) is 3.02. The molecule has 0 radical (unpaired) electrons. The van der Waals surface area contributed by atoms with Crippen molar-refractivity contribution >= 4 is 17.6 Å². The van der Waals surface area contributed by atoms with Crippen LogP contribution in [0.5, 0.6) is 0 Å². The van der Waals surface area contributed by atoms with Crippen molar-refractivity contribution in [2.75, 3.05) is 25.0 Å². The largest absolute Gasteiger partial charge is 0.327 e. The lowest BCUT2D eigenvalue weighted by molar-refractivity contribution is -0.893. The van der Waals surface area contributed by atoms with Gasteiger partial charge in [0.15, 0.2) is 6.54 Å². The smallest absolute Gasteiger partial charge is 0.326 e. The van der Waals surface area contributed by atoms with Crippen LogP contribution in [0.2, 0.25) is 0 Å². The van der Waals surface area contributed by atoms with Crippen LogP contribution in [0, 0.1) is 13.8 Å². The Bertz CT molecular complexity index is 549. The lowest BCUT2D eigenvalue weighted by atomic mass is 10.1. The number of quaternary nitrogens is 1. The van der Waals surface area contributed by atoms with Gasteiger partial charge in [-0.05, 0) is 56.7 Å². The first-order valence-corrected chi connectivity index (χ1v) is 8.57. The zero-order valence-electron chi connectivity index (χ0n) is 14.2. The van der Waals surface area contributed by atoms with E-state index in [9.17, 15) is 9.59 Å². The molecule has 3 N–H and O–H groups in total. The van der Waals surface area contributed by atoms with Crippen LogP contribution >= 0.6 is 0 Å². The molecule has 1 aliphatic rings. The van der Waals surface area contributed by atoms with E-state index >= 15 is 0 Å². The minimum Gasteiger partial charge on any atom is -0.327 e. The number of hydrogen-bond donors (Lipinski definition) is 3. The molecule has 1 saturated heterocycles. The summed E-state index contributed by atoms with van der Waals surface area (Å²) in [6.07, 6.45) is 6.13. The fourth-order valence-corrected chi connectivity index (χ4v) is 3.02. The van der Waals surface area contributed by atoms with Crippen molar-refractivity contribution in [2.24, 2.45) is 0 Å². The zero-order chi connectivity index (χ0) is 16.7. The highest BCUT2D eigenvalue weighted by Crippen LogP contribution is 2.17. The van der Waals surface area contributed by atoms with Gasteiger partial charge in [0, 0.05) is 5.69 Å². The van der Waals surface area contributed by atoms with E-state index in [2.05, 4.69) is 10.6 Å². The first-order valence-electron chi connectivity index (χ1n) is 8.57. The van der Waals surface area contributed by atoms with E-state index in [0.717, 1.165) is 42.7 Å². The highest BCUT2D eigenvalue weighted by molar-refractivity contribution is 6.01. The molecule has 0 aromatic heterocycles. The van der Waals surface area contributed by atoms with E-state index in [1.807, 2.05) is 32.0 Å². The topological polar surface area (TPSA) is 62.6 Å². The Morgan fingerprint density at radius 2 is 1.70 bits per heavy atom. The summed E-state index contributed by atoms with van der Waals surface area (Å²) >= 11 is 0. The molecule has 1 aromatic carbocycles. The van der Waals surface area contributed by atoms with Crippen LogP contribution in [0.25, 0.3) is 0 Å². The molecule has 1 heterocycles. The molecule has 126 valence electrons. The predicted octanol–water partition coefficient (Wildman–Crippen LogP) is 1.80. The second kappa shape index (κ2) is 8.67. The van der Waals surface area contributed by atoms with Crippen LogP contribution in [0.1, 0.15) is 43.2 Å². The number of rotatable bonds is 3. The molecule has 1 aromatic rings. The Balaban J connectivity index is 1.82. The SMILES string of the molecule is Cc1cccc(NC(=O)NC(=O)C[NH+]2CCCCCCC2)c1C. The highest BCUT2D eigenvalue weighted by Gasteiger charge is 2.17. The summed E-state index contributed by atoms with van der Waals surface area (Å²) in [5.41, 5.74) is 2.87. The van der Waals surface area contributed by atoms with Crippen LogP contribution in [0.3, 0.4) is 0 Å². The van der Waals surface area contributed by atoms with E-state index in [0.29, 0.717) is 6.54 Å². The Labute approximate surface area is 138 Å². The van der Waals surface area contributed by atoms with Gasteiger partial charge >= 0.3 is 6.03 Å². The Morgan fingerprint density at radius 3 is 2.39 bits per heavy atom. The van der Waals surface area contributed by atoms with Crippen molar-refractivity contribution < 1.29 is 14.5 Å². The molecule has 3 amide bonds. The molecular weight excluding hydrogens is 290 g/mol. The third-order valence-corrected chi connectivity index (χ3v) is 4.58. The standard InChI is InChI=1S/C18H27N3O2/c1-14-9-8-10-16(15(14)2)19-18(23)20-17(22)13-21-11-6-4-3-5-7-12-21/h8-10H,3-7,11-13H2,1-2H3,(H2,19,20,22,23)/p+1. The number of anilines is 1. The summed E-state index contributed by atoms with van der Waals surface area (Å²) in [7, 11) is 0. The van der Waals surface area contributed by atoms with Gasteiger partial charge in [-0.2, -0.15) is 0 Å². The number of hydrogen-bond acceptors (Lipinski definition) is 2. The van der Waals surface area contributed by atoms with Gasteiger partial charge in [-0.1, -0.05) is 18.6 Å². The lowest BCUT2D eigenvalue weighted by Crippen LogP contribution is -3.13. The third-order valence-electron chi connectivity index (χ3n) is 4.58. The van der Waals surface area contributed by atoms with E-state index < -0.39 is 6.03 Å². The number of aryl methyl sites for hydroxylation is 1. The van der Waals surface area contributed by atoms with E-state index in [1.165, 1.54) is 24.2 Å². The quantitative estimate of drug-likeness (QED) is 0.796. The van der Waals surface area contributed by atoms with Crippen molar-refractivity contribution in [3.8, 4) is 0 Å². The molecule has 2 rings (SSSR count). The van der Waals surface area contributed by atoms with Crippen molar-refractivity contribution in [1.82, 2.24) is 5.32 Å². The zero-order valence-corrected chi connectivity index (χ0v) is 14.2. The average Bonchev–Trinajstić information content (AvgIpc) is 2.46. The van der Waals surface area contributed by atoms with E-state index in [-0.39, 0.29) is 5.91 Å². The summed E-state index contributed by atoms with van der Waals surface area (Å²) in [5, 5.41) is 5.21. The first-order chi connectivity index (χ1) is 11.1. The second-order valence-electron chi connectivity index (χ2n) is 6.44. The number of carbonyl (C=O) groups excluding carboxylic acids is 2. The van der Waals surface area contributed by atoms with Crippen LogP contribution < -0.4 is 15.5 Å². The summed E-state index contributed by atoms with van der Waals surface area (Å²) in [4.78, 5) is 25.3. The second-order valence-corrected chi connectivity index (χ2v) is 6.44. The van der Waals surface area contributed by atoms with Crippen LogP contribution in [0.4, 0.5) is 10.5 Å². The van der Waals surface area contributed by atoms with Crippen LogP contribution in [-0.2, 0) is 4.79 Å². The molecule has 0 bridgehead atoms. The molecule has 0 spiro atoms. The molecular formula is C18H28N3O2+. The lowest BCUT2D eigenvalue weighted by Gasteiger charge is -2.21. The van der Waals surface area contributed by atoms with Crippen molar-refractivity contribution in [1.29, 1.82) is 0 Å². The van der Waals surface area contributed by atoms with Gasteiger partial charge < -0.3 is 10.2 Å². The highest BCUT2D eigenvalue weighted by atomic mass is 16.2. The van der Waals surface area contributed by atoms with Gasteiger partial charge in [0.1, 0.15) is 0 Å². The van der Waals surface area contributed by atoms with Crippen molar-refractivity contribution in [2.45, 2.75) is 46.0 Å². The molecule has 23 heavy (non-hydrogen) atoms. The van der Waals surface area contributed by atoms with Gasteiger partial charge in [-0.25, -0.2) is 4.79 Å². The Morgan fingerprint density at radius 1 is 1.04 bits per heavy atom. The fraction of sp³-hybridized carbons (Fsp3) is 0.556. The molecule has 5 nitrogen and oxygen atoms in total. The summed E-state index contributed by atoms with van der Waals surface area (Å²) < 4.78 is 0. The minimum absolute atomic E-state index is 0.205. The van der Waals surface area contributed by atoms with Gasteiger partial charge in [-0.15, -0.1) is 0 Å². The van der Waals surface area contributed by atoms with Gasteiger partial charge in [0.2, 0.25) is 0 Å². The number of benzene rings is 1. The molecule has 5 heteroatoms. The van der Waals surface area contributed by atoms with Crippen molar-refractivity contribution in [3.05, 3.63) is 29.3 Å². The van der Waals surface area contributed by atoms with Crippen LogP contribution in [-0.4, -0.2) is 31.6 Å². The van der Waals surface area contributed by atoms with E-state index in [4.69, 9.17) is 0 Å². The number of imide groups is 1. The summed E-state index contributed by atoms with van der Waals surface area (Å²) in [6, 6.07) is 5.28. The number of carbonyl (C=O) groups is 2. The molecule has 0 saturated carbocycles. The third kappa shape index (κ3) is 5.67. The average molecular weight is 318 g/mol. The summed E-state index contributed by atoms with van der Waals surface area (Å²) in [6.45, 7) is 6.37.